The second kappa shape index (κ2) is 7.01. The van der Waals surface area contributed by atoms with Gasteiger partial charge in [0.15, 0.2) is 11.5 Å². The molecule has 24 heavy (non-hydrogen) atoms. The molecule has 5 nitrogen and oxygen atoms in total. The number of hydrogen-bond donors (Lipinski definition) is 1. The summed E-state index contributed by atoms with van der Waals surface area (Å²) in [5.41, 5.74) is 3.54. The standard InChI is InChI=1S/C19H22N2O3/c1-6-18-19(24-12-11-23-18)13-15(1)14-20-16-2-4-17(5-3-16)21-7-9-22-10-8-21/h1-6,13,20H,7-12,14H2. The molecule has 2 aliphatic heterocycles. The highest BCUT2D eigenvalue weighted by Crippen LogP contribution is 2.31. The molecular formula is C19H22N2O3. The maximum Gasteiger partial charge on any atom is 0.161 e. The number of morpholine rings is 1. The van der Waals surface area contributed by atoms with Crippen molar-refractivity contribution in [2.45, 2.75) is 6.54 Å². The van der Waals surface area contributed by atoms with Crippen molar-refractivity contribution in [1.29, 1.82) is 0 Å². The minimum Gasteiger partial charge on any atom is -0.486 e. The average molecular weight is 326 g/mol. The van der Waals surface area contributed by atoms with Gasteiger partial charge in [0.05, 0.1) is 13.2 Å². The van der Waals surface area contributed by atoms with Crippen molar-refractivity contribution in [1.82, 2.24) is 0 Å². The van der Waals surface area contributed by atoms with Crippen LogP contribution in [0.5, 0.6) is 11.5 Å². The SMILES string of the molecule is c1cc2c(cc1CNc1ccc(N3CCOCC3)cc1)OCCO2. The van der Waals surface area contributed by atoms with E-state index in [1.54, 1.807) is 0 Å². The Hall–Kier alpha value is -2.40. The molecule has 0 atom stereocenters. The number of nitrogens with zero attached hydrogens (tertiary/aromatic N) is 1. The van der Waals surface area contributed by atoms with Gasteiger partial charge in [-0.25, -0.2) is 0 Å². The Morgan fingerprint density at radius 2 is 1.58 bits per heavy atom. The molecule has 1 N–H and O–H groups in total. The van der Waals surface area contributed by atoms with E-state index in [0.717, 1.165) is 50.0 Å². The molecular weight excluding hydrogens is 304 g/mol. The Balaban J connectivity index is 1.37. The molecule has 1 saturated heterocycles. The fourth-order valence-electron chi connectivity index (χ4n) is 3.01. The predicted molar refractivity (Wildman–Crippen MR) is 94.2 cm³/mol. The first-order chi connectivity index (χ1) is 11.9. The zero-order valence-corrected chi connectivity index (χ0v) is 13.7. The molecule has 2 aliphatic rings. The lowest BCUT2D eigenvalue weighted by atomic mass is 10.2. The maximum atomic E-state index is 5.63. The van der Waals surface area contributed by atoms with Crippen molar-refractivity contribution in [3.63, 3.8) is 0 Å². The lowest BCUT2D eigenvalue weighted by Crippen LogP contribution is -2.36. The van der Waals surface area contributed by atoms with Crippen LogP contribution in [-0.4, -0.2) is 39.5 Å². The molecule has 0 aliphatic carbocycles. The molecule has 4 rings (SSSR count). The summed E-state index contributed by atoms with van der Waals surface area (Å²) in [6.45, 7) is 5.54. The van der Waals surface area contributed by atoms with Crippen LogP contribution in [-0.2, 0) is 11.3 Å². The normalized spacial score (nSPS) is 16.8. The fourth-order valence-corrected chi connectivity index (χ4v) is 3.01. The van der Waals surface area contributed by atoms with E-state index < -0.39 is 0 Å². The van der Waals surface area contributed by atoms with Crippen LogP contribution in [0.2, 0.25) is 0 Å². The zero-order chi connectivity index (χ0) is 16.2. The van der Waals surface area contributed by atoms with Gasteiger partial charge in [-0.15, -0.1) is 0 Å². The van der Waals surface area contributed by atoms with Gasteiger partial charge in [0.1, 0.15) is 13.2 Å². The Labute approximate surface area is 142 Å². The third-order valence-corrected chi connectivity index (χ3v) is 4.35. The summed E-state index contributed by atoms with van der Waals surface area (Å²) in [5.74, 6) is 1.67. The van der Waals surface area contributed by atoms with Crippen LogP contribution in [0.1, 0.15) is 5.56 Å². The van der Waals surface area contributed by atoms with Crippen molar-refractivity contribution in [2.75, 3.05) is 49.7 Å². The number of nitrogens with one attached hydrogen (secondary N) is 1. The minimum atomic E-state index is 0.618. The molecule has 1 fully saturated rings. The number of rotatable bonds is 4. The lowest BCUT2D eigenvalue weighted by molar-refractivity contribution is 0.122. The molecule has 2 aromatic rings. The van der Waals surface area contributed by atoms with Gasteiger partial charge in [0, 0.05) is 31.0 Å². The zero-order valence-electron chi connectivity index (χ0n) is 13.7. The van der Waals surface area contributed by atoms with Crippen molar-refractivity contribution in [3.05, 3.63) is 48.0 Å². The number of hydrogen-bond acceptors (Lipinski definition) is 5. The molecule has 0 aromatic heterocycles. The van der Waals surface area contributed by atoms with E-state index in [1.807, 2.05) is 12.1 Å². The summed E-state index contributed by atoms with van der Waals surface area (Å²) >= 11 is 0. The summed E-state index contributed by atoms with van der Waals surface area (Å²) in [4.78, 5) is 2.36. The molecule has 0 spiro atoms. The largest absolute Gasteiger partial charge is 0.486 e. The summed E-state index contributed by atoms with van der Waals surface area (Å²) in [5, 5.41) is 3.46. The van der Waals surface area contributed by atoms with E-state index in [4.69, 9.17) is 14.2 Å². The van der Waals surface area contributed by atoms with Gasteiger partial charge >= 0.3 is 0 Å². The van der Waals surface area contributed by atoms with Crippen LogP contribution in [0.15, 0.2) is 42.5 Å². The molecule has 2 heterocycles. The molecule has 0 amide bonds. The van der Waals surface area contributed by atoms with E-state index >= 15 is 0 Å². The molecule has 0 saturated carbocycles. The average Bonchev–Trinajstić information content (AvgIpc) is 2.67. The van der Waals surface area contributed by atoms with Crippen LogP contribution < -0.4 is 19.7 Å². The van der Waals surface area contributed by atoms with Crippen molar-refractivity contribution in [3.8, 4) is 11.5 Å². The highest BCUT2D eigenvalue weighted by atomic mass is 16.6. The van der Waals surface area contributed by atoms with E-state index in [9.17, 15) is 0 Å². The summed E-state index contributed by atoms with van der Waals surface area (Å²) in [6, 6.07) is 14.7. The van der Waals surface area contributed by atoms with Gasteiger partial charge in [-0.2, -0.15) is 0 Å². The topological polar surface area (TPSA) is 43.0 Å². The number of anilines is 2. The Bertz CT molecular complexity index is 682. The highest BCUT2D eigenvalue weighted by Gasteiger charge is 2.12. The lowest BCUT2D eigenvalue weighted by Gasteiger charge is -2.29. The smallest absolute Gasteiger partial charge is 0.161 e. The first-order valence-electron chi connectivity index (χ1n) is 8.44. The third kappa shape index (κ3) is 3.41. The number of benzene rings is 2. The molecule has 0 unspecified atom stereocenters. The Morgan fingerprint density at radius 3 is 2.38 bits per heavy atom. The van der Waals surface area contributed by atoms with Gasteiger partial charge in [-0.1, -0.05) is 6.07 Å². The fraction of sp³-hybridized carbons (Fsp3) is 0.368. The molecule has 2 aromatic carbocycles. The van der Waals surface area contributed by atoms with Gasteiger partial charge in [0.25, 0.3) is 0 Å². The summed E-state index contributed by atoms with van der Waals surface area (Å²) in [6.07, 6.45) is 0. The quantitative estimate of drug-likeness (QED) is 0.936. The molecule has 5 heteroatoms. The maximum absolute atomic E-state index is 5.63. The van der Waals surface area contributed by atoms with Crippen LogP contribution in [0.4, 0.5) is 11.4 Å². The summed E-state index contributed by atoms with van der Waals surface area (Å²) in [7, 11) is 0. The number of fused-ring (bicyclic) bond motifs is 1. The Morgan fingerprint density at radius 1 is 0.833 bits per heavy atom. The third-order valence-electron chi connectivity index (χ3n) is 4.35. The van der Waals surface area contributed by atoms with E-state index in [-0.39, 0.29) is 0 Å². The predicted octanol–water partition coefficient (Wildman–Crippen LogP) is 2.91. The van der Waals surface area contributed by atoms with Crippen molar-refractivity contribution >= 4 is 11.4 Å². The first-order valence-corrected chi connectivity index (χ1v) is 8.44. The highest BCUT2D eigenvalue weighted by molar-refractivity contribution is 5.55. The van der Waals surface area contributed by atoms with Gasteiger partial charge < -0.3 is 24.4 Å². The van der Waals surface area contributed by atoms with Crippen LogP contribution in [0, 0.1) is 0 Å². The second-order valence-corrected chi connectivity index (χ2v) is 5.98. The first kappa shape index (κ1) is 15.1. The van der Waals surface area contributed by atoms with Crippen LogP contribution in [0.25, 0.3) is 0 Å². The second-order valence-electron chi connectivity index (χ2n) is 5.98. The van der Waals surface area contributed by atoms with Gasteiger partial charge in [0.2, 0.25) is 0 Å². The minimum absolute atomic E-state index is 0.618. The molecule has 0 bridgehead atoms. The monoisotopic (exact) mass is 326 g/mol. The van der Waals surface area contributed by atoms with Gasteiger partial charge in [-0.3, -0.25) is 0 Å². The van der Waals surface area contributed by atoms with Crippen LogP contribution >= 0.6 is 0 Å². The van der Waals surface area contributed by atoms with E-state index in [1.165, 1.54) is 11.3 Å². The van der Waals surface area contributed by atoms with Gasteiger partial charge in [-0.05, 0) is 42.0 Å². The van der Waals surface area contributed by atoms with Crippen molar-refractivity contribution < 1.29 is 14.2 Å². The summed E-state index contributed by atoms with van der Waals surface area (Å²) < 4.78 is 16.6. The molecule has 126 valence electrons. The van der Waals surface area contributed by atoms with Crippen LogP contribution in [0.3, 0.4) is 0 Å². The van der Waals surface area contributed by atoms with E-state index in [2.05, 4.69) is 40.5 Å². The molecule has 0 radical (unpaired) electrons. The Kier molecular flexibility index (Phi) is 4.42. The van der Waals surface area contributed by atoms with E-state index in [0.29, 0.717) is 13.2 Å². The van der Waals surface area contributed by atoms with Crippen molar-refractivity contribution in [2.24, 2.45) is 0 Å². The number of ether oxygens (including phenoxy) is 3.